The standard InChI is InChI=1S/C15H21NO4S/c1-15(20,8-13(17)18)9-16-14(19)12-7-10-5-3-2-4-6-11(10)21-12/h7,20H,2-6,8-9H2,1H3,(H,16,19)(H,17,18). The molecule has 21 heavy (non-hydrogen) atoms. The number of carboxylic acids is 1. The van der Waals surface area contributed by atoms with Crippen molar-refractivity contribution >= 4 is 23.2 Å². The molecule has 1 atom stereocenters. The van der Waals surface area contributed by atoms with Gasteiger partial charge in [-0.05, 0) is 44.2 Å². The topological polar surface area (TPSA) is 86.6 Å². The van der Waals surface area contributed by atoms with Crippen LogP contribution in [0.2, 0.25) is 0 Å². The van der Waals surface area contributed by atoms with Gasteiger partial charge in [-0.15, -0.1) is 11.3 Å². The highest BCUT2D eigenvalue weighted by molar-refractivity contribution is 7.14. The summed E-state index contributed by atoms with van der Waals surface area (Å²) >= 11 is 1.51. The lowest BCUT2D eigenvalue weighted by atomic mass is 10.0. The van der Waals surface area contributed by atoms with Crippen LogP contribution < -0.4 is 5.32 Å². The van der Waals surface area contributed by atoms with Crippen LogP contribution in [0.25, 0.3) is 0 Å². The molecule has 1 amide bonds. The minimum atomic E-state index is -1.43. The molecular formula is C15H21NO4S. The highest BCUT2D eigenvalue weighted by Gasteiger charge is 2.25. The molecule has 0 aliphatic heterocycles. The van der Waals surface area contributed by atoms with Gasteiger partial charge >= 0.3 is 5.97 Å². The van der Waals surface area contributed by atoms with Crippen LogP contribution in [0, 0.1) is 0 Å². The molecule has 1 aliphatic carbocycles. The lowest BCUT2D eigenvalue weighted by Crippen LogP contribution is -2.41. The van der Waals surface area contributed by atoms with E-state index in [1.807, 2.05) is 6.07 Å². The number of aryl methyl sites for hydroxylation is 2. The largest absolute Gasteiger partial charge is 0.481 e. The first kappa shape index (κ1) is 16.0. The summed E-state index contributed by atoms with van der Waals surface area (Å²) in [6.07, 6.45) is 5.23. The van der Waals surface area contributed by atoms with Crippen LogP contribution in [0.1, 0.15) is 52.7 Å². The maximum Gasteiger partial charge on any atom is 0.306 e. The van der Waals surface area contributed by atoms with Crippen molar-refractivity contribution in [2.45, 2.75) is 51.0 Å². The predicted octanol–water partition coefficient (Wildman–Crippen LogP) is 1.97. The fraction of sp³-hybridized carbons (Fsp3) is 0.600. The van der Waals surface area contributed by atoms with E-state index in [0.29, 0.717) is 4.88 Å². The SMILES string of the molecule is CC(O)(CNC(=O)c1cc2c(s1)CCCCC2)CC(=O)O. The summed E-state index contributed by atoms with van der Waals surface area (Å²) in [6.45, 7) is 1.34. The van der Waals surface area contributed by atoms with Crippen molar-refractivity contribution in [3.8, 4) is 0 Å². The Bertz CT molecular complexity index is 512. The molecule has 1 unspecified atom stereocenters. The molecule has 0 saturated carbocycles. The van der Waals surface area contributed by atoms with Crippen LogP contribution >= 0.6 is 11.3 Å². The predicted molar refractivity (Wildman–Crippen MR) is 80.8 cm³/mol. The molecule has 0 fully saturated rings. The number of carboxylic acid groups (broad SMARTS) is 1. The van der Waals surface area contributed by atoms with Gasteiger partial charge in [0.05, 0.1) is 16.9 Å². The highest BCUT2D eigenvalue weighted by atomic mass is 32.1. The number of aliphatic hydroxyl groups is 1. The minimum absolute atomic E-state index is 0.0687. The first-order valence-electron chi connectivity index (χ1n) is 7.21. The van der Waals surface area contributed by atoms with Gasteiger partial charge in [-0.3, -0.25) is 9.59 Å². The van der Waals surface area contributed by atoms with Gasteiger partial charge in [0.1, 0.15) is 0 Å². The zero-order valence-corrected chi connectivity index (χ0v) is 13.0. The molecular weight excluding hydrogens is 290 g/mol. The third kappa shape index (κ3) is 4.54. The summed E-state index contributed by atoms with van der Waals surface area (Å²) in [5, 5.41) is 21.2. The summed E-state index contributed by atoms with van der Waals surface area (Å²) in [5.41, 5.74) is -0.171. The van der Waals surface area contributed by atoms with Gasteiger partial charge < -0.3 is 15.5 Å². The summed E-state index contributed by atoms with van der Waals surface area (Å²) in [6, 6.07) is 1.94. The number of carbonyl (C=O) groups excluding carboxylic acids is 1. The number of amides is 1. The monoisotopic (exact) mass is 311 g/mol. The molecule has 2 rings (SSSR count). The fourth-order valence-electron chi connectivity index (χ4n) is 2.53. The number of rotatable bonds is 5. The maximum absolute atomic E-state index is 12.1. The maximum atomic E-state index is 12.1. The van der Waals surface area contributed by atoms with Gasteiger partial charge in [0.25, 0.3) is 5.91 Å². The molecule has 0 spiro atoms. The fourth-order valence-corrected chi connectivity index (χ4v) is 3.70. The Morgan fingerprint density at radius 1 is 1.33 bits per heavy atom. The van der Waals surface area contributed by atoms with Gasteiger partial charge in [0.2, 0.25) is 0 Å². The summed E-state index contributed by atoms with van der Waals surface area (Å²) in [7, 11) is 0. The molecule has 5 nitrogen and oxygen atoms in total. The lowest BCUT2D eigenvalue weighted by Gasteiger charge is -2.21. The molecule has 116 valence electrons. The lowest BCUT2D eigenvalue weighted by molar-refractivity contribution is -0.141. The zero-order valence-electron chi connectivity index (χ0n) is 12.1. The zero-order chi connectivity index (χ0) is 15.5. The van der Waals surface area contributed by atoms with Crippen LogP contribution in [0.5, 0.6) is 0 Å². The van der Waals surface area contributed by atoms with Crippen LogP contribution in [0.3, 0.4) is 0 Å². The summed E-state index contributed by atoms with van der Waals surface area (Å²) in [5.74, 6) is -1.32. The Morgan fingerprint density at radius 3 is 2.76 bits per heavy atom. The van der Waals surface area contributed by atoms with Crippen molar-refractivity contribution in [2.75, 3.05) is 6.54 Å². The van der Waals surface area contributed by atoms with Crippen LogP contribution in [0.15, 0.2) is 6.07 Å². The average Bonchev–Trinajstić information content (AvgIpc) is 2.66. The minimum Gasteiger partial charge on any atom is -0.481 e. The van der Waals surface area contributed by atoms with Crippen molar-refractivity contribution in [3.05, 3.63) is 21.4 Å². The number of carbonyl (C=O) groups is 2. The van der Waals surface area contributed by atoms with Gasteiger partial charge in [-0.2, -0.15) is 0 Å². The molecule has 0 saturated heterocycles. The second-order valence-corrected chi connectivity index (χ2v) is 7.01. The van der Waals surface area contributed by atoms with E-state index < -0.39 is 18.0 Å². The second kappa shape index (κ2) is 6.58. The van der Waals surface area contributed by atoms with E-state index in [0.717, 1.165) is 19.3 Å². The average molecular weight is 311 g/mol. The Hall–Kier alpha value is -1.40. The van der Waals surface area contributed by atoms with E-state index in [4.69, 9.17) is 5.11 Å². The van der Waals surface area contributed by atoms with E-state index in [-0.39, 0.29) is 12.5 Å². The van der Waals surface area contributed by atoms with E-state index in [9.17, 15) is 14.7 Å². The third-order valence-corrected chi connectivity index (χ3v) is 4.87. The molecule has 3 N–H and O–H groups in total. The Morgan fingerprint density at radius 2 is 2.05 bits per heavy atom. The van der Waals surface area contributed by atoms with E-state index in [2.05, 4.69) is 5.32 Å². The first-order valence-corrected chi connectivity index (χ1v) is 8.03. The van der Waals surface area contributed by atoms with Crippen LogP contribution in [-0.2, 0) is 17.6 Å². The number of thiophene rings is 1. The van der Waals surface area contributed by atoms with E-state index in [1.54, 1.807) is 0 Å². The van der Waals surface area contributed by atoms with Gasteiger partial charge in [0.15, 0.2) is 0 Å². The normalized spacial score (nSPS) is 17.4. The van der Waals surface area contributed by atoms with Crippen molar-refractivity contribution in [2.24, 2.45) is 0 Å². The molecule has 0 radical (unpaired) electrons. The number of hydrogen-bond donors (Lipinski definition) is 3. The van der Waals surface area contributed by atoms with Gasteiger partial charge in [0, 0.05) is 11.4 Å². The number of fused-ring (bicyclic) bond motifs is 1. The van der Waals surface area contributed by atoms with Crippen LogP contribution in [0.4, 0.5) is 0 Å². The number of aliphatic carboxylic acids is 1. The second-order valence-electron chi connectivity index (χ2n) is 5.87. The van der Waals surface area contributed by atoms with Crippen molar-refractivity contribution in [3.63, 3.8) is 0 Å². The molecule has 1 aromatic rings. The molecule has 0 aromatic carbocycles. The number of hydrogen-bond acceptors (Lipinski definition) is 4. The molecule has 0 bridgehead atoms. The summed E-state index contributed by atoms with van der Waals surface area (Å²) in [4.78, 5) is 24.7. The first-order chi connectivity index (χ1) is 9.87. The quantitative estimate of drug-likeness (QED) is 0.726. The van der Waals surface area contributed by atoms with Crippen molar-refractivity contribution in [1.82, 2.24) is 5.32 Å². The van der Waals surface area contributed by atoms with Crippen molar-refractivity contribution in [1.29, 1.82) is 0 Å². The molecule has 1 aliphatic rings. The van der Waals surface area contributed by atoms with E-state index >= 15 is 0 Å². The molecule has 1 heterocycles. The van der Waals surface area contributed by atoms with Crippen molar-refractivity contribution < 1.29 is 19.8 Å². The Balaban J connectivity index is 1.96. The smallest absolute Gasteiger partial charge is 0.306 e. The van der Waals surface area contributed by atoms with Crippen LogP contribution in [-0.4, -0.2) is 34.2 Å². The van der Waals surface area contributed by atoms with E-state index in [1.165, 1.54) is 41.5 Å². The molecule has 6 heteroatoms. The highest BCUT2D eigenvalue weighted by Crippen LogP contribution is 2.28. The number of nitrogens with one attached hydrogen (secondary N) is 1. The Labute approximate surface area is 128 Å². The Kier molecular flexibility index (Phi) is 5.00. The molecule has 1 aromatic heterocycles. The van der Waals surface area contributed by atoms with Gasteiger partial charge in [-0.25, -0.2) is 0 Å². The van der Waals surface area contributed by atoms with Gasteiger partial charge in [-0.1, -0.05) is 6.42 Å². The third-order valence-electron chi connectivity index (χ3n) is 3.63. The summed E-state index contributed by atoms with van der Waals surface area (Å²) < 4.78 is 0.